The molecule has 2 heterocycles. The van der Waals surface area contributed by atoms with Gasteiger partial charge in [0.1, 0.15) is 10.4 Å². The largest absolute Gasteiger partial charge is 0.480 e. The van der Waals surface area contributed by atoms with Crippen LogP contribution in [0.2, 0.25) is 0 Å². The first-order valence-corrected chi connectivity index (χ1v) is 7.40. The molecule has 20 heavy (non-hydrogen) atoms. The van der Waals surface area contributed by atoms with Gasteiger partial charge in [0, 0.05) is 11.9 Å². The number of thioether (sulfide) groups is 1. The predicted molar refractivity (Wildman–Crippen MR) is 82.1 cm³/mol. The van der Waals surface area contributed by atoms with Gasteiger partial charge in [0.05, 0.1) is 4.91 Å². The van der Waals surface area contributed by atoms with Gasteiger partial charge in [0.25, 0.3) is 5.91 Å². The lowest BCUT2D eigenvalue weighted by atomic mass is 10.1. The van der Waals surface area contributed by atoms with Gasteiger partial charge in [-0.1, -0.05) is 37.3 Å². The Balaban J connectivity index is 2.26. The molecule has 0 bridgehead atoms. The van der Waals surface area contributed by atoms with Crippen LogP contribution in [0.1, 0.15) is 25.5 Å². The molecule has 0 aromatic carbocycles. The minimum Gasteiger partial charge on any atom is -0.480 e. The van der Waals surface area contributed by atoms with E-state index >= 15 is 0 Å². The first kappa shape index (κ1) is 14.8. The lowest BCUT2D eigenvalue weighted by Gasteiger charge is -2.22. The summed E-state index contributed by atoms with van der Waals surface area (Å²) in [4.78, 5) is 28.3. The van der Waals surface area contributed by atoms with E-state index in [0.717, 1.165) is 17.5 Å². The van der Waals surface area contributed by atoms with Crippen molar-refractivity contribution >= 4 is 46.3 Å². The van der Waals surface area contributed by atoms with Gasteiger partial charge < -0.3 is 10.1 Å². The average molecular weight is 310 g/mol. The summed E-state index contributed by atoms with van der Waals surface area (Å²) in [5.41, 5.74) is 0.785. The molecular formula is C13H14N2O3S2. The van der Waals surface area contributed by atoms with Crippen molar-refractivity contribution in [2.75, 3.05) is 0 Å². The van der Waals surface area contributed by atoms with E-state index in [9.17, 15) is 14.7 Å². The van der Waals surface area contributed by atoms with Crippen LogP contribution in [0.15, 0.2) is 23.2 Å². The Kier molecular flexibility index (Phi) is 4.61. The van der Waals surface area contributed by atoms with Gasteiger partial charge in [-0.25, -0.2) is 4.79 Å². The molecule has 1 unspecified atom stereocenters. The molecule has 1 fully saturated rings. The minimum atomic E-state index is -1.02. The quantitative estimate of drug-likeness (QED) is 0.645. The first-order chi connectivity index (χ1) is 9.54. The van der Waals surface area contributed by atoms with Crippen LogP contribution in [0.4, 0.5) is 0 Å². The molecule has 1 atom stereocenters. The van der Waals surface area contributed by atoms with Crippen LogP contribution in [0, 0.1) is 0 Å². The molecule has 1 amide bonds. The van der Waals surface area contributed by atoms with Crippen molar-refractivity contribution in [1.29, 1.82) is 0 Å². The van der Waals surface area contributed by atoms with E-state index in [2.05, 4.69) is 4.98 Å². The van der Waals surface area contributed by atoms with E-state index in [1.807, 2.05) is 19.1 Å². The number of hydrogen-bond donors (Lipinski definition) is 2. The Morgan fingerprint density at radius 1 is 1.65 bits per heavy atom. The Hall–Kier alpha value is -1.60. The van der Waals surface area contributed by atoms with Crippen LogP contribution in [0.5, 0.6) is 0 Å². The highest BCUT2D eigenvalue weighted by atomic mass is 32.2. The lowest BCUT2D eigenvalue weighted by molar-refractivity contribution is -0.145. The summed E-state index contributed by atoms with van der Waals surface area (Å²) >= 11 is 6.29. The molecule has 7 heteroatoms. The van der Waals surface area contributed by atoms with Gasteiger partial charge in [0.2, 0.25) is 0 Å². The summed E-state index contributed by atoms with van der Waals surface area (Å²) in [7, 11) is 0. The Morgan fingerprint density at radius 3 is 2.95 bits per heavy atom. The molecule has 1 aliphatic rings. The van der Waals surface area contributed by atoms with Gasteiger partial charge in [-0.15, -0.1) is 0 Å². The van der Waals surface area contributed by atoms with Crippen molar-refractivity contribution in [3.05, 3.63) is 28.9 Å². The number of hydrogen-bond acceptors (Lipinski definition) is 4. The van der Waals surface area contributed by atoms with Crippen LogP contribution in [-0.2, 0) is 9.59 Å². The van der Waals surface area contributed by atoms with E-state index in [-0.39, 0.29) is 5.91 Å². The maximum atomic E-state index is 12.3. The number of nitrogens with zero attached hydrogens (tertiary/aromatic N) is 1. The summed E-state index contributed by atoms with van der Waals surface area (Å²) in [5, 5.41) is 9.25. The number of carbonyl (C=O) groups is 2. The third-order valence-corrected chi connectivity index (χ3v) is 4.22. The molecule has 0 radical (unpaired) electrons. The van der Waals surface area contributed by atoms with Crippen molar-refractivity contribution < 1.29 is 14.7 Å². The van der Waals surface area contributed by atoms with Gasteiger partial charge in [-0.3, -0.25) is 9.69 Å². The molecule has 0 spiro atoms. The number of H-pyrrole nitrogens is 1. The summed E-state index contributed by atoms with van der Waals surface area (Å²) in [5.74, 6) is -1.36. The van der Waals surface area contributed by atoms with E-state index in [1.54, 1.807) is 12.3 Å². The molecule has 2 rings (SSSR count). The fourth-order valence-electron chi connectivity index (χ4n) is 1.96. The van der Waals surface area contributed by atoms with Crippen molar-refractivity contribution in [1.82, 2.24) is 9.88 Å². The van der Waals surface area contributed by atoms with Crippen molar-refractivity contribution in [2.24, 2.45) is 0 Å². The Bertz CT molecular complexity index is 566. The molecule has 0 aliphatic carbocycles. The van der Waals surface area contributed by atoms with Crippen LogP contribution < -0.4 is 0 Å². The van der Waals surface area contributed by atoms with Crippen LogP contribution in [-0.4, -0.2) is 37.2 Å². The number of carbonyl (C=O) groups excluding carboxylic acids is 1. The van der Waals surface area contributed by atoms with E-state index < -0.39 is 12.0 Å². The third-order valence-electron chi connectivity index (χ3n) is 2.89. The van der Waals surface area contributed by atoms with Crippen LogP contribution in [0.3, 0.4) is 0 Å². The number of nitrogens with one attached hydrogen (secondary N) is 1. The molecule has 1 aliphatic heterocycles. The zero-order valence-corrected chi connectivity index (χ0v) is 12.5. The van der Waals surface area contributed by atoms with Gasteiger partial charge >= 0.3 is 5.97 Å². The highest BCUT2D eigenvalue weighted by Gasteiger charge is 2.39. The fourth-order valence-corrected chi connectivity index (χ4v) is 3.31. The van der Waals surface area contributed by atoms with Crippen LogP contribution in [0.25, 0.3) is 6.08 Å². The second-order valence-electron chi connectivity index (χ2n) is 4.32. The number of rotatable bonds is 5. The summed E-state index contributed by atoms with van der Waals surface area (Å²) < 4.78 is 0.300. The Morgan fingerprint density at radius 2 is 2.40 bits per heavy atom. The molecule has 2 N–H and O–H groups in total. The fraction of sp³-hybridized carbons (Fsp3) is 0.308. The topological polar surface area (TPSA) is 73.4 Å². The van der Waals surface area contributed by atoms with Gasteiger partial charge in [0.15, 0.2) is 0 Å². The summed E-state index contributed by atoms with van der Waals surface area (Å²) in [6, 6.07) is 2.76. The average Bonchev–Trinajstić information content (AvgIpc) is 2.98. The van der Waals surface area contributed by atoms with Gasteiger partial charge in [-0.2, -0.15) is 0 Å². The number of aliphatic carboxylic acids is 1. The third kappa shape index (κ3) is 2.94. The summed E-state index contributed by atoms with van der Waals surface area (Å²) in [6.07, 6.45) is 4.50. The Labute approximate surface area is 126 Å². The molecule has 1 saturated heterocycles. The minimum absolute atomic E-state index is 0.300. The highest BCUT2D eigenvalue weighted by molar-refractivity contribution is 8.26. The second kappa shape index (κ2) is 6.23. The normalized spacial score (nSPS) is 18.9. The van der Waals surface area contributed by atoms with Crippen molar-refractivity contribution in [2.45, 2.75) is 25.8 Å². The van der Waals surface area contributed by atoms with Gasteiger partial charge in [-0.05, 0) is 24.6 Å². The lowest BCUT2D eigenvalue weighted by Crippen LogP contribution is -2.43. The second-order valence-corrected chi connectivity index (χ2v) is 6.00. The SMILES string of the molecule is CCCC(C(=O)O)N1C(=O)C(=Cc2ccc[nH]2)SC1=S. The number of carboxylic acid groups (broad SMARTS) is 1. The maximum absolute atomic E-state index is 12.3. The first-order valence-electron chi connectivity index (χ1n) is 6.18. The number of carboxylic acids is 1. The molecule has 106 valence electrons. The zero-order valence-electron chi connectivity index (χ0n) is 10.8. The number of aromatic amines is 1. The van der Waals surface area contributed by atoms with Crippen LogP contribution >= 0.6 is 24.0 Å². The van der Waals surface area contributed by atoms with Crippen molar-refractivity contribution in [3.8, 4) is 0 Å². The van der Waals surface area contributed by atoms with E-state index in [1.165, 1.54) is 4.90 Å². The smallest absolute Gasteiger partial charge is 0.326 e. The summed E-state index contributed by atoms with van der Waals surface area (Å²) in [6.45, 7) is 1.88. The maximum Gasteiger partial charge on any atom is 0.326 e. The highest BCUT2D eigenvalue weighted by Crippen LogP contribution is 2.34. The number of amides is 1. The molecule has 1 aromatic heterocycles. The number of aromatic nitrogens is 1. The molecule has 0 saturated carbocycles. The van der Waals surface area contributed by atoms with Crippen molar-refractivity contribution in [3.63, 3.8) is 0 Å². The molecular weight excluding hydrogens is 296 g/mol. The standard InChI is InChI=1S/C13H14N2O3S2/c1-2-4-9(12(17)18)15-11(16)10(20-13(15)19)7-8-5-3-6-14-8/h3,5-7,9,14H,2,4H2,1H3,(H,17,18). The zero-order chi connectivity index (χ0) is 14.7. The number of thiocarbonyl (C=S) groups is 1. The predicted octanol–water partition coefficient (Wildman–Crippen LogP) is 2.47. The molecule has 5 nitrogen and oxygen atoms in total. The van der Waals surface area contributed by atoms with E-state index in [4.69, 9.17) is 12.2 Å². The molecule has 1 aromatic rings. The monoisotopic (exact) mass is 310 g/mol. The van der Waals surface area contributed by atoms with E-state index in [0.29, 0.717) is 22.1 Å².